The number of halogens is 1. The number of furan rings is 1. The Bertz CT molecular complexity index is 466. The fraction of sp³-hybridized carbons (Fsp3) is 0.357. The average Bonchev–Trinajstić information content (AvgIpc) is 2.87. The smallest absolute Gasteiger partial charge is 0.118 e. The van der Waals surface area contributed by atoms with Crippen LogP contribution in [0.25, 0.3) is 0 Å². The Morgan fingerprint density at radius 3 is 2.71 bits per heavy atom. The first-order chi connectivity index (χ1) is 8.22. The molecule has 0 radical (unpaired) electrons. The molecule has 2 heterocycles. The fourth-order valence-corrected chi connectivity index (χ4v) is 2.29. The molecule has 17 heavy (non-hydrogen) atoms. The maximum Gasteiger partial charge on any atom is 0.118 e. The number of rotatable bonds is 4. The van der Waals surface area contributed by atoms with Gasteiger partial charge in [0.1, 0.15) is 11.5 Å². The molecule has 0 aliphatic carbocycles. The van der Waals surface area contributed by atoms with E-state index in [0.717, 1.165) is 23.6 Å². The molecular weight excluding hydrogens is 278 g/mol. The molecule has 90 valence electrons. The molecule has 0 fully saturated rings. The predicted octanol–water partition coefficient (Wildman–Crippen LogP) is 4.48. The molecule has 2 nitrogen and oxygen atoms in total. The highest BCUT2D eigenvalue weighted by Crippen LogP contribution is 2.37. The van der Waals surface area contributed by atoms with Crippen molar-refractivity contribution in [3.8, 4) is 0 Å². The summed E-state index contributed by atoms with van der Waals surface area (Å²) in [5.74, 6) is 2.28. The van der Waals surface area contributed by atoms with E-state index >= 15 is 0 Å². The highest BCUT2D eigenvalue weighted by molar-refractivity contribution is 9.09. The summed E-state index contributed by atoms with van der Waals surface area (Å²) in [6, 6.07) is 10.1. The molecule has 0 aromatic carbocycles. The van der Waals surface area contributed by atoms with Crippen LogP contribution < -0.4 is 0 Å². The summed E-state index contributed by atoms with van der Waals surface area (Å²) in [6.07, 6.45) is 2.75. The second-order valence-corrected chi connectivity index (χ2v) is 5.09. The van der Waals surface area contributed by atoms with Crippen molar-refractivity contribution in [1.82, 2.24) is 4.98 Å². The lowest BCUT2D eigenvalue weighted by Crippen LogP contribution is -2.03. The third-order valence-electron chi connectivity index (χ3n) is 2.90. The largest absolute Gasteiger partial charge is 0.465 e. The van der Waals surface area contributed by atoms with Crippen molar-refractivity contribution in [2.45, 2.75) is 31.0 Å². The molecule has 3 heteroatoms. The monoisotopic (exact) mass is 293 g/mol. The lowest BCUT2D eigenvalue weighted by atomic mass is 10.0. The van der Waals surface area contributed by atoms with Gasteiger partial charge in [-0.25, -0.2) is 0 Å². The Morgan fingerprint density at radius 2 is 2.12 bits per heavy atom. The van der Waals surface area contributed by atoms with Gasteiger partial charge in [-0.3, -0.25) is 4.98 Å². The summed E-state index contributed by atoms with van der Waals surface area (Å²) in [7, 11) is 0. The van der Waals surface area contributed by atoms with Crippen LogP contribution in [0.2, 0.25) is 0 Å². The molecule has 0 bridgehead atoms. The Labute approximate surface area is 110 Å². The predicted molar refractivity (Wildman–Crippen MR) is 72.4 cm³/mol. The van der Waals surface area contributed by atoms with Crippen molar-refractivity contribution in [1.29, 1.82) is 0 Å². The van der Waals surface area contributed by atoms with Gasteiger partial charge in [-0.05, 0) is 24.3 Å². The first-order valence-corrected chi connectivity index (χ1v) is 6.77. The zero-order valence-corrected chi connectivity index (χ0v) is 11.6. The van der Waals surface area contributed by atoms with E-state index in [1.54, 1.807) is 0 Å². The number of pyridine rings is 1. The SMILES string of the molecule is CCc1ccc(C(Br)C(C)c2ccccn2)o1. The van der Waals surface area contributed by atoms with Crippen LogP contribution in [-0.4, -0.2) is 4.98 Å². The van der Waals surface area contributed by atoms with E-state index in [1.165, 1.54) is 0 Å². The minimum absolute atomic E-state index is 0.165. The van der Waals surface area contributed by atoms with Gasteiger partial charge in [-0.2, -0.15) is 0 Å². The van der Waals surface area contributed by atoms with Crippen LogP contribution in [0.4, 0.5) is 0 Å². The second kappa shape index (κ2) is 5.50. The number of nitrogens with zero attached hydrogens (tertiary/aromatic N) is 1. The Balaban J connectivity index is 2.17. The molecule has 2 aromatic rings. The van der Waals surface area contributed by atoms with Gasteiger partial charge in [0.15, 0.2) is 0 Å². The molecule has 2 rings (SSSR count). The summed E-state index contributed by atoms with van der Waals surface area (Å²) in [5.41, 5.74) is 1.07. The summed E-state index contributed by atoms with van der Waals surface area (Å²) >= 11 is 3.70. The van der Waals surface area contributed by atoms with Crippen molar-refractivity contribution in [3.05, 3.63) is 53.7 Å². The first kappa shape index (κ1) is 12.4. The van der Waals surface area contributed by atoms with Gasteiger partial charge < -0.3 is 4.42 Å². The molecule has 2 unspecified atom stereocenters. The quantitative estimate of drug-likeness (QED) is 0.777. The van der Waals surface area contributed by atoms with Gasteiger partial charge in [-0.1, -0.05) is 35.8 Å². The minimum Gasteiger partial charge on any atom is -0.465 e. The first-order valence-electron chi connectivity index (χ1n) is 5.86. The number of alkyl halides is 1. The van der Waals surface area contributed by atoms with Crippen LogP contribution in [0.3, 0.4) is 0 Å². The molecule has 0 spiro atoms. The van der Waals surface area contributed by atoms with E-state index in [0.29, 0.717) is 0 Å². The number of aromatic nitrogens is 1. The highest BCUT2D eigenvalue weighted by atomic mass is 79.9. The summed E-state index contributed by atoms with van der Waals surface area (Å²) in [6.45, 7) is 4.24. The van der Waals surface area contributed by atoms with Crippen LogP contribution in [0.1, 0.15) is 41.8 Å². The second-order valence-electron chi connectivity index (χ2n) is 4.10. The van der Waals surface area contributed by atoms with E-state index < -0.39 is 0 Å². The van der Waals surface area contributed by atoms with Crippen LogP contribution in [0.15, 0.2) is 40.9 Å². The highest BCUT2D eigenvalue weighted by Gasteiger charge is 2.21. The normalized spacial score (nSPS) is 14.5. The number of aryl methyl sites for hydroxylation is 1. The lowest BCUT2D eigenvalue weighted by molar-refractivity contribution is 0.454. The van der Waals surface area contributed by atoms with Gasteiger partial charge in [0.25, 0.3) is 0 Å². The molecule has 0 aliphatic heterocycles. The van der Waals surface area contributed by atoms with Crippen LogP contribution in [-0.2, 0) is 6.42 Å². The van der Waals surface area contributed by atoms with Gasteiger partial charge in [0.05, 0.1) is 4.83 Å². The van der Waals surface area contributed by atoms with Crippen molar-refractivity contribution in [2.75, 3.05) is 0 Å². The molecule has 2 atom stereocenters. The average molecular weight is 294 g/mol. The molecule has 0 saturated carbocycles. The Kier molecular flexibility index (Phi) is 4.00. The van der Waals surface area contributed by atoms with Crippen LogP contribution in [0.5, 0.6) is 0 Å². The van der Waals surface area contributed by atoms with E-state index in [9.17, 15) is 0 Å². The van der Waals surface area contributed by atoms with Crippen molar-refractivity contribution in [3.63, 3.8) is 0 Å². The van der Waals surface area contributed by atoms with Crippen molar-refractivity contribution >= 4 is 15.9 Å². The fourth-order valence-electron chi connectivity index (χ4n) is 1.77. The zero-order valence-electron chi connectivity index (χ0n) is 10.1. The molecule has 0 aliphatic rings. The Morgan fingerprint density at radius 1 is 1.29 bits per heavy atom. The maximum atomic E-state index is 5.76. The summed E-state index contributed by atoms with van der Waals surface area (Å²) in [4.78, 5) is 4.55. The molecule has 0 saturated heterocycles. The van der Waals surface area contributed by atoms with Crippen molar-refractivity contribution < 1.29 is 4.42 Å². The van der Waals surface area contributed by atoms with Crippen LogP contribution >= 0.6 is 15.9 Å². The van der Waals surface area contributed by atoms with E-state index in [-0.39, 0.29) is 10.7 Å². The van der Waals surface area contributed by atoms with Crippen molar-refractivity contribution in [2.24, 2.45) is 0 Å². The summed E-state index contributed by atoms with van der Waals surface area (Å²) < 4.78 is 5.76. The summed E-state index contributed by atoms with van der Waals surface area (Å²) in [5, 5.41) is 0. The van der Waals surface area contributed by atoms with E-state index in [2.05, 4.69) is 34.8 Å². The molecule has 2 aromatic heterocycles. The lowest BCUT2D eigenvalue weighted by Gasteiger charge is -2.15. The maximum absolute atomic E-state index is 5.76. The molecule has 0 amide bonds. The van der Waals surface area contributed by atoms with Gasteiger partial charge in [-0.15, -0.1) is 0 Å². The van der Waals surface area contributed by atoms with E-state index in [4.69, 9.17) is 4.42 Å². The van der Waals surface area contributed by atoms with Gasteiger partial charge in [0.2, 0.25) is 0 Å². The molecular formula is C14H16BrNO. The zero-order chi connectivity index (χ0) is 12.3. The molecule has 0 N–H and O–H groups in total. The Hall–Kier alpha value is -1.09. The third kappa shape index (κ3) is 2.78. The van der Waals surface area contributed by atoms with Gasteiger partial charge in [0, 0.05) is 24.2 Å². The minimum atomic E-state index is 0.165. The standard InChI is InChI=1S/C14H16BrNO/c1-3-11-7-8-13(17-11)14(15)10(2)12-6-4-5-9-16-12/h4-10,14H,3H2,1-2H3. The van der Waals surface area contributed by atoms with Crippen LogP contribution in [0, 0.1) is 0 Å². The number of hydrogen-bond acceptors (Lipinski definition) is 2. The topological polar surface area (TPSA) is 26.0 Å². The van der Waals surface area contributed by atoms with Gasteiger partial charge >= 0.3 is 0 Å². The third-order valence-corrected chi connectivity index (χ3v) is 4.14. The number of hydrogen-bond donors (Lipinski definition) is 0. The van der Waals surface area contributed by atoms with E-state index in [1.807, 2.05) is 36.5 Å².